The van der Waals surface area contributed by atoms with Crippen LogP contribution in [0.2, 0.25) is 0 Å². The van der Waals surface area contributed by atoms with E-state index in [1.807, 2.05) is 18.2 Å². The monoisotopic (exact) mass is 292 g/mol. The van der Waals surface area contributed by atoms with Crippen molar-refractivity contribution < 1.29 is 4.79 Å². The molecule has 0 aromatic heterocycles. The second-order valence-electron chi connectivity index (χ2n) is 4.73. The van der Waals surface area contributed by atoms with Crippen molar-refractivity contribution in [1.29, 1.82) is 0 Å². The Morgan fingerprint density at radius 2 is 1.95 bits per heavy atom. The highest BCUT2D eigenvalue weighted by atomic mass is 32.2. The number of hydrogen-bond donors (Lipinski definition) is 0. The summed E-state index contributed by atoms with van der Waals surface area (Å²) in [6.07, 6.45) is 7.20. The lowest BCUT2D eigenvalue weighted by atomic mass is 9.90. The van der Waals surface area contributed by atoms with E-state index in [4.69, 9.17) is 0 Å². The maximum atomic E-state index is 12.8. The van der Waals surface area contributed by atoms with Gasteiger partial charge >= 0.3 is 0 Å². The molecule has 0 radical (unpaired) electrons. The molecule has 1 aromatic carbocycles. The van der Waals surface area contributed by atoms with Crippen LogP contribution in [0.25, 0.3) is 0 Å². The lowest BCUT2D eigenvalue weighted by Gasteiger charge is -2.13. The topological polar surface area (TPSA) is 17.1 Å². The molecule has 1 aliphatic carbocycles. The molecular formula is C16H20OS2. The summed E-state index contributed by atoms with van der Waals surface area (Å²) in [7, 11) is 0. The van der Waals surface area contributed by atoms with Crippen LogP contribution in [-0.2, 0) is 0 Å². The van der Waals surface area contributed by atoms with Crippen LogP contribution >= 0.6 is 23.5 Å². The summed E-state index contributed by atoms with van der Waals surface area (Å²) in [4.78, 5) is 12.8. The van der Waals surface area contributed by atoms with E-state index in [1.165, 1.54) is 9.80 Å². The van der Waals surface area contributed by atoms with Crippen molar-refractivity contribution in [2.75, 3.05) is 12.5 Å². The molecule has 0 saturated heterocycles. The summed E-state index contributed by atoms with van der Waals surface area (Å²) in [6.45, 7) is 2.21. The standard InChI is InChI=1S/C16H20OS2/c1-4-11-9-10-14(16(18-2)19-3)15(17)13-8-6-5-7-12(11)13/h5-8,11H,4,9-10H2,1-3H3. The molecule has 2 rings (SSSR count). The predicted octanol–water partition coefficient (Wildman–Crippen LogP) is 5.09. The van der Waals surface area contributed by atoms with Gasteiger partial charge in [-0.25, -0.2) is 0 Å². The third-order valence-electron chi connectivity index (χ3n) is 3.77. The van der Waals surface area contributed by atoms with Gasteiger partial charge in [0.2, 0.25) is 0 Å². The van der Waals surface area contributed by atoms with E-state index in [9.17, 15) is 4.79 Å². The van der Waals surface area contributed by atoms with Gasteiger partial charge in [0.1, 0.15) is 0 Å². The van der Waals surface area contributed by atoms with Crippen molar-refractivity contribution in [2.24, 2.45) is 0 Å². The molecular weight excluding hydrogens is 272 g/mol. The molecule has 3 heteroatoms. The number of carbonyl (C=O) groups excluding carboxylic acids is 1. The molecule has 0 fully saturated rings. The first-order valence-electron chi connectivity index (χ1n) is 6.67. The number of benzene rings is 1. The van der Waals surface area contributed by atoms with Gasteiger partial charge in [-0.15, -0.1) is 23.5 Å². The van der Waals surface area contributed by atoms with Gasteiger partial charge in [0.05, 0.1) is 0 Å². The van der Waals surface area contributed by atoms with Gasteiger partial charge in [0, 0.05) is 15.4 Å². The highest BCUT2D eigenvalue weighted by molar-refractivity contribution is 8.21. The number of Topliss-reactive ketones (excluding diaryl/α,β-unsaturated/α-hetero) is 1. The maximum absolute atomic E-state index is 12.8. The quantitative estimate of drug-likeness (QED) is 0.570. The van der Waals surface area contributed by atoms with Crippen LogP contribution in [0.1, 0.15) is 48.0 Å². The molecule has 1 aromatic rings. The van der Waals surface area contributed by atoms with Crippen molar-refractivity contribution >= 4 is 29.3 Å². The minimum Gasteiger partial charge on any atom is -0.289 e. The molecule has 102 valence electrons. The van der Waals surface area contributed by atoms with Crippen molar-refractivity contribution in [3.05, 3.63) is 45.2 Å². The molecule has 0 aliphatic heterocycles. The summed E-state index contributed by atoms with van der Waals surface area (Å²) in [5.41, 5.74) is 3.18. The number of carbonyl (C=O) groups is 1. The molecule has 1 aliphatic rings. The lowest BCUT2D eigenvalue weighted by molar-refractivity contribution is 0.103. The predicted molar refractivity (Wildman–Crippen MR) is 87.1 cm³/mol. The average Bonchev–Trinajstić information content (AvgIpc) is 2.59. The second kappa shape index (κ2) is 6.67. The molecule has 0 saturated carbocycles. The first-order valence-corrected chi connectivity index (χ1v) is 9.12. The molecule has 0 N–H and O–H groups in total. The third kappa shape index (κ3) is 2.92. The van der Waals surface area contributed by atoms with Crippen LogP contribution in [0.15, 0.2) is 34.1 Å². The smallest absolute Gasteiger partial charge is 0.190 e. The summed E-state index contributed by atoms with van der Waals surface area (Å²) >= 11 is 3.39. The van der Waals surface area contributed by atoms with Crippen LogP contribution in [0, 0.1) is 0 Å². The number of fused-ring (bicyclic) bond motifs is 1. The largest absolute Gasteiger partial charge is 0.289 e. The van der Waals surface area contributed by atoms with Crippen LogP contribution in [0.3, 0.4) is 0 Å². The maximum Gasteiger partial charge on any atom is 0.190 e. The Balaban J connectivity index is 2.54. The van der Waals surface area contributed by atoms with Crippen LogP contribution in [0.4, 0.5) is 0 Å². The van der Waals surface area contributed by atoms with Gasteiger partial charge in [-0.1, -0.05) is 31.2 Å². The van der Waals surface area contributed by atoms with Crippen molar-refractivity contribution in [2.45, 2.75) is 32.1 Å². The van der Waals surface area contributed by atoms with E-state index in [2.05, 4.69) is 25.5 Å². The number of rotatable bonds is 3. The minimum atomic E-state index is 0.241. The van der Waals surface area contributed by atoms with E-state index in [0.717, 1.165) is 30.4 Å². The zero-order chi connectivity index (χ0) is 13.8. The summed E-state index contributed by atoms with van der Waals surface area (Å²) in [5, 5.41) is 0. The van der Waals surface area contributed by atoms with Gasteiger partial charge < -0.3 is 0 Å². The molecule has 19 heavy (non-hydrogen) atoms. The number of ketones is 1. The first kappa shape index (κ1) is 14.7. The fourth-order valence-electron chi connectivity index (χ4n) is 2.76. The van der Waals surface area contributed by atoms with Gasteiger partial charge in [0.15, 0.2) is 5.78 Å². The fourth-order valence-corrected chi connectivity index (χ4v) is 4.31. The van der Waals surface area contributed by atoms with Crippen molar-refractivity contribution in [3.63, 3.8) is 0 Å². The Bertz CT molecular complexity index is 499. The van der Waals surface area contributed by atoms with Crippen LogP contribution in [-0.4, -0.2) is 18.3 Å². The first-order chi connectivity index (χ1) is 9.22. The zero-order valence-electron chi connectivity index (χ0n) is 11.7. The Labute approximate surface area is 124 Å². The molecule has 0 bridgehead atoms. The van der Waals surface area contributed by atoms with Crippen LogP contribution < -0.4 is 0 Å². The van der Waals surface area contributed by atoms with Gasteiger partial charge in [-0.3, -0.25) is 4.79 Å². The molecule has 0 heterocycles. The number of allylic oxidation sites excluding steroid dienone is 1. The highest BCUT2D eigenvalue weighted by Gasteiger charge is 2.26. The Morgan fingerprint density at radius 1 is 1.26 bits per heavy atom. The molecule has 1 atom stereocenters. The third-order valence-corrected chi connectivity index (χ3v) is 6.01. The summed E-state index contributed by atoms with van der Waals surface area (Å²) < 4.78 is 1.18. The average molecular weight is 292 g/mol. The normalized spacial score (nSPS) is 19.0. The SMILES string of the molecule is CCC1CCC(=C(SC)SC)C(=O)c2ccccc21. The Hall–Kier alpha value is -0.670. The van der Waals surface area contributed by atoms with E-state index in [-0.39, 0.29) is 5.78 Å². The molecule has 1 unspecified atom stereocenters. The van der Waals surface area contributed by atoms with Crippen molar-refractivity contribution in [3.8, 4) is 0 Å². The van der Waals surface area contributed by atoms with Gasteiger partial charge in [-0.05, 0) is 43.3 Å². The Kier molecular flexibility index (Phi) is 5.17. The zero-order valence-corrected chi connectivity index (χ0v) is 13.4. The van der Waals surface area contributed by atoms with Crippen LogP contribution in [0.5, 0.6) is 0 Å². The number of thioether (sulfide) groups is 2. The highest BCUT2D eigenvalue weighted by Crippen LogP contribution is 2.39. The van der Waals surface area contributed by atoms with Gasteiger partial charge in [0.25, 0.3) is 0 Å². The van der Waals surface area contributed by atoms with Crippen molar-refractivity contribution in [1.82, 2.24) is 0 Å². The lowest BCUT2D eigenvalue weighted by Crippen LogP contribution is -2.05. The fraction of sp³-hybridized carbons (Fsp3) is 0.438. The summed E-state index contributed by atoms with van der Waals surface area (Å²) in [6, 6.07) is 8.14. The van der Waals surface area contributed by atoms with Gasteiger partial charge in [-0.2, -0.15) is 0 Å². The minimum absolute atomic E-state index is 0.241. The number of hydrogen-bond acceptors (Lipinski definition) is 3. The molecule has 1 nitrogen and oxygen atoms in total. The molecule has 0 spiro atoms. The van der Waals surface area contributed by atoms with E-state index >= 15 is 0 Å². The molecule has 0 amide bonds. The van der Waals surface area contributed by atoms with E-state index < -0.39 is 0 Å². The van der Waals surface area contributed by atoms with E-state index in [0.29, 0.717) is 5.92 Å². The Morgan fingerprint density at radius 3 is 2.58 bits per heavy atom. The second-order valence-corrected chi connectivity index (χ2v) is 6.63. The van der Waals surface area contributed by atoms with E-state index in [1.54, 1.807) is 23.5 Å². The summed E-state index contributed by atoms with van der Waals surface area (Å²) in [5.74, 6) is 0.757.